The molecule has 1 aliphatic heterocycles. The number of hydrogen-bond donors (Lipinski definition) is 1. The zero-order valence-corrected chi connectivity index (χ0v) is 8.97. The third-order valence-corrected chi connectivity index (χ3v) is 2.12. The molecule has 2 heteroatoms. The second-order valence-corrected chi connectivity index (χ2v) is 4.68. The van der Waals surface area contributed by atoms with Crippen LogP contribution in [0.5, 0.6) is 0 Å². The van der Waals surface area contributed by atoms with Crippen LogP contribution in [0, 0.1) is 5.92 Å². The molecule has 76 valence electrons. The molecule has 0 aliphatic carbocycles. The highest BCUT2D eigenvalue weighted by atomic mass is 16.5. The Kier molecular flexibility index (Phi) is 3.94. The first kappa shape index (κ1) is 10.7. The van der Waals surface area contributed by atoms with E-state index >= 15 is 0 Å². The van der Waals surface area contributed by atoms with E-state index in [1.807, 2.05) is 0 Å². The summed E-state index contributed by atoms with van der Waals surface area (Å²) in [6, 6.07) is 0. The van der Waals surface area contributed by atoms with Crippen molar-refractivity contribution in [3.63, 3.8) is 0 Å². The van der Waals surface area contributed by atoms with Crippen LogP contribution in [0.15, 0.2) is 12.2 Å². The zero-order chi connectivity index (χ0) is 9.73. The molecule has 0 saturated carbocycles. The van der Waals surface area contributed by atoms with Gasteiger partial charge in [0.05, 0.1) is 6.61 Å². The molecule has 0 bridgehead atoms. The summed E-state index contributed by atoms with van der Waals surface area (Å²) in [6.45, 7) is 9.34. The normalized spacial score (nSPS) is 24.4. The predicted molar refractivity (Wildman–Crippen MR) is 55.8 cm³/mol. The Morgan fingerprint density at radius 3 is 2.77 bits per heavy atom. The Bertz CT molecular complexity index is 163. The Morgan fingerprint density at radius 2 is 2.23 bits per heavy atom. The second kappa shape index (κ2) is 4.77. The molecule has 0 aromatic heterocycles. The molecule has 0 radical (unpaired) electrons. The van der Waals surface area contributed by atoms with Gasteiger partial charge in [-0.3, -0.25) is 0 Å². The fraction of sp³-hybridized carbons (Fsp3) is 0.818. The average molecular weight is 183 g/mol. The summed E-state index contributed by atoms with van der Waals surface area (Å²) in [4.78, 5) is 0. The fourth-order valence-corrected chi connectivity index (χ4v) is 1.33. The monoisotopic (exact) mass is 183 g/mol. The Labute approximate surface area is 81.4 Å². The summed E-state index contributed by atoms with van der Waals surface area (Å²) in [6.07, 6.45) is 5.67. The van der Waals surface area contributed by atoms with Crippen molar-refractivity contribution in [2.45, 2.75) is 32.7 Å². The molecule has 0 spiro atoms. The van der Waals surface area contributed by atoms with Crippen LogP contribution in [0.2, 0.25) is 0 Å². The first-order chi connectivity index (χ1) is 6.08. The number of hydrogen-bond acceptors (Lipinski definition) is 2. The van der Waals surface area contributed by atoms with Gasteiger partial charge >= 0.3 is 0 Å². The average Bonchev–Trinajstić information content (AvgIpc) is 2.48. The van der Waals surface area contributed by atoms with Crippen LogP contribution in [0.25, 0.3) is 0 Å². The Morgan fingerprint density at radius 1 is 1.46 bits per heavy atom. The molecule has 13 heavy (non-hydrogen) atoms. The lowest BCUT2D eigenvalue weighted by Gasteiger charge is -2.19. The smallest absolute Gasteiger partial charge is 0.0529 e. The largest absolute Gasteiger partial charge is 0.381 e. The van der Waals surface area contributed by atoms with E-state index in [-0.39, 0.29) is 5.54 Å². The van der Waals surface area contributed by atoms with E-state index in [2.05, 4.69) is 38.2 Å². The minimum atomic E-state index is 0.219. The molecule has 0 aromatic rings. The van der Waals surface area contributed by atoms with Crippen molar-refractivity contribution in [3.8, 4) is 0 Å². The van der Waals surface area contributed by atoms with Gasteiger partial charge in [0.1, 0.15) is 0 Å². The van der Waals surface area contributed by atoms with Gasteiger partial charge in [-0.25, -0.2) is 0 Å². The molecule has 1 heterocycles. The van der Waals surface area contributed by atoms with Crippen molar-refractivity contribution in [1.82, 2.24) is 5.32 Å². The van der Waals surface area contributed by atoms with Crippen LogP contribution >= 0.6 is 0 Å². The van der Waals surface area contributed by atoms with Crippen molar-refractivity contribution >= 4 is 0 Å². The maximum atomic E-state index is 5.28. The minimum absolute atomic E-state index is 0.219. The molecule has 1 rings (SSSR count). The Hall–Kier alpha value is -0.340. The van der Waals surface area contributed by atoms with E-state index < -0.39 is 0 Å². The molecule has 0 aromatic carbocycles. The molecule has 1 atom stereocenters. The van der Waals surface area contributed by atoms with Crippen molar-refractivity contribution < 1.29 is 4.74 Å². The molecular weight excluding hydrogens is 162 g/mol. The van der Waals surface area contributed by atoms with Crippen LogP contribution in [-0.4, -0.2) is 25.3 Å². The maximum Gasteiger partial charge on any atom is 0.0529 e. The van der Waals surface area contributed by atoms with Crippen molar-refractivity contribution in [2.24, 2.45) is 5.92 Å². The summed E-state index contributed by atoms with van der Waals surface area (Å²) in [5, 5.41) is 3.42. The van der Waals surface area contributed by atoms with E-state index in [1.54, 1.807) is 0 Å². The van der Waals surface area contributed by atoms with Gasteiger partial charge < -0.3 is 10.1 Å². The molecular formula is C11H21NO. The molecule has 0 amide bonds. The summed E-state index contributed by atoms with van der Waals surface area (Å²) in [7, 11) is 0. The van der Waals surface area contributed by atoms with E-state index in [9.17, 15) is 0 Å². The molecule has 1 N–H and O–H groups in total. The Balaban J connectivity index is 2.10. The third kappa shape index (κ3) is 5.06. The van der Waals surface area contributed by atoms with E-state index in [4.69, 9.17) is 4.74 Å². The van der Waals surface area contributed by atoms with Crippen molar-refractivity contribution in [2.75, 3.05) is 19.8 Å². The summed E-state index contributed by atoms with van der Waals surface area (Å²) in [5.74, 6) is 0.654. The minimum Gasteiger partial charge on any atom is -0.381 e. The van der Waals surface area contributed by atoms with Crippen LogP contribution in [0.3, 0.4) is 0 Å². The number of ether oxygens (including phenoxy) is 1. The molecule has 1 saturated heterocycles. The van der Waals surface area contributed by atoms with Gasteiger partial charge in [0, 0.05) is 24.6 Å². The summed E-state index contributed by atoms with van der Waals surface area (Å²) >= 11 is 0. The van der Waals surface area contributed by atoms with Crippen LogP contribution in [0.4, 0.5) is 0 Å². The van der Waals surface area contributed by atoms with E-state index in [0.29, 0.717) is 5.92 Å². The highest BCUT2D eigenvalue weighted by molar-refractivity contribution is 4.92. The van der Waals surface area contributed by atoms with Gasteiger partial charge in [-0.15, -0.1) is 0 Å². The van der Waals surface area contributed by atoms with Gasteiger partial charge in [0.15, 0.2) is 0 Å². The molecule has 1 fully saturated rings. The van der Waals surface area contributed by atoms with Crippen molar-refractivity contribution in [3.05, 3.63) is 12.2 Å². The molecule has 2 nitrogen and oxygen atoms in total. The lowest BCUT2D eigenvalue weighted by Crippen LogP contribution is -2.35. The quantitative estimate of drug-likeness (QED) is 0.675. The van der Waals surface area contributed by atoms with Gasteiger partial charge in [0.25, 0.3) is 0 Å². The van der Waals surface area contributed by atoms with E-state index in [1.165, 1.54) is 6.42 Å². The van der Waals surface area contributed by atoms with Gasteiger partial charge in [-0.1, -0.05) is 12.2 Å². The fourth-order valence-electron chi connectivity index (χ4n) is 1.33. The second-order valence-electron chi connectivity index (χ2n) is 4.68. The summed E-state index contributed by atoms with van der Waals surface area (Å²) in [5.41, 5.74) is 0.219. The first-order valence-electron chi connectivity index (χ1n) is 5.07. The third-order valence-electron chi connectivity index (χ3n) is 2.12. The van der Waals surface area contributed by atoms with Crippen LogP contribution in [-0.2, 0) is 4.74 Å². The van der Waals surface area contributed by atoms with Gasteiger partial charge in [-0.2, -0.15) is 0 Å². The zero-order valence-electron chi connectivity index (χ0n) is 8.97. The highest BCUT2D eigenvalue weighted by Gasteiger charge is 2.11. The molecule has 1 aliphatic rings. The van der Waals surface area contributed by atoms with Crippen LogP contribution < -0.4 is 5.32 Å². The van der Waals surface area contributed by atoms with E-state index in [0.717, 1.165) is 19.8 Å². The SMILES string of the molecule is CC(C)(C)NCC=CC1CCOC1. The van der Waals surface area contributed by atoms with Crippen LogP contribution in [0.1, 0.15) is 27.2 Å². The van der Waals surface area contributed by atoms with Gasteiger partial charge in [0.2, 0.25) is 0 Å². The summed E-state index contributed by atoms with van der Waals surface area (Å²) < 4.78 is 5.28. The van der Waals surface area contributed by atoms with Crippen molar-refractivity contribution in [1.29, 1.82) is 0 Å². The topological polar surface area (TPSA) is 21.3 Å². The molecule has 1 unspecified atom stereocenters. The van der Waals surface area contributed by atoms with Gasteiger partial charge in [-0.05, 0) is 27.2 Å². The lowest BCUT2D eigenvalue weighted by molar-refractivity contribution is 0.191. The maximum absolute atomic E-state index is 5.28. The predicted octanol–water partition coefficient (Wildman–Crippen LogP) is 1.97. The number of rotatable bonds is 3. The lowest BCUT2D eigenvalue weighted by atomic mass is 10.1. The highest BCUT2D eigenvalue weighted by Crippen LogP contribution is 2.12. The first-order valence-corrected chi connectivity index (χ1v) is 5.07. The number of nitrogens with one attached hydrogen (secondary N) is 1. The standard InChI is InChI=1S/C11H21NO/c1-11(2,3)12-7-4-5-10-6-8-13-9-10/h4-5,10,12H,6-9H2,1-3H3.